The number of aryl methyl sites for hydroxylation is 5. The van der Waals surface area contributed by atoms with Gasteiger partial charge < -0.3 is 9.30 Å². The van der Waals surface area contributed by atoms with Crippen molar-refractivity contribution >= 4 is 29.5 Å². The van der Waals surface area contributed by atoms with E-state index in [1.165, 1.54) is 0 Å². The first-order chi connectivity index (χ1) is 22.8. The van der Waals surface area contributed by atoms with Crippen LogP contribution in [-0.2, 0) is 20.7 Å². The SMILES string of the molecule is CCC(C)(CC)CC(C)(C(=O)OCc1c(C)cc(C)c(C(=O)P(=O)(C(=O)c2c(C)cc(C)cc2C)c2ccccc2)c1C)C(C)(CC)CC. The molecule has 0 aromatic heterocycles. The molecule has 0 amide bonds. The Labute approximate surface area is 296 Å². The fourth-order valence-corrected chi connectivity index (χ4v) is 10.4. The molecule has 0 heterocycles. The van der Waals surface area contributed by atoms with Crippen LogP contribution >= 0.6 is 7.14 Å². The van der Waals surface area contributed by atoms with Gasteiger partial charge in [-0.25, -0.2) is 0 Å². The van der Waals surface area contributed by atoms with E-state index in [9.17, 15) is 14.4 Å². The molecule has 0 aliphatic heterocycles. The second kappa shape index (κ2) is 15.3. The predicted octanol–water partition coefficient (Wildman–Crippen LogP) is 11.3. The molecule has 0 N–H and O–H groups in total. The van der Waals surface area contributed by atoms with Gasteiger partial charge in [-0.15, -0.1) is 0 Å². The van der Waals surface area contributed by atoms with Crippen molar-refractivity contribution in [2.75, 3.05) is 0 Å². The molecule has 0 bridgehead atoms. The van der Waals surface area contributed by atoms with Crippen LogP contribution in [0.2, 0.25) is 0 Å². The monoisotopic (exact) mass is 686 g/mol. The fourth-order valence-electron chi connectivity index (χ4n) is 7.79. The van der Waals surface area contributed by atoms with E-state index < -0.39 is 23.6 Å². The number of hydrogen-bond acceptors (Lipinski definition) is 5. The molecule has 0 spiro atoms. The quantitative estimate of drug-likeness (QED) is 0.117. The summed E-state index contributed by atoms with van der Waals surface area (Å²) >= 11 is 0. The number of benzene rings is 3. The highest BCUT2D eigenvalue weighted by Crippen LogP contribution is 2.55. The van der Waals surface area contributed by atoms with Crippen molar-refractivity contribution in [1.29, 1.82) is 0 Å². The highest BCUT2D eigenvalue weighted by molar-refractivity contribution is 8.01. The minimum absolute atomic E-state index is 0.0199. The lowest BCUT2D eigenvalue weighted by molar-refractivity contribution is -0.169. The third-order valence-corrected chi connectivity index (χ3v) is 14.7. The Hall–Kier alpha value is -3.30. The minimum atomic E-state index is -4.37. The Balaban J connectivity index is 2.17. The van der Waals surface area contributed by atoms with E-state index in [1.54, 1.807) is 30.3 Å². The summed E-state index contributed by atoms with van der Waals surface area (Å²) in [5.74, 6) is -0.241. The average molecular weight is 687 g/mol. The van der Waals surface area contributed by atoms with Crippen molar-refractivity contribution in [1.82, 2.24) is 0 Å². The molecule has 5 nitrogen and oxygen atoms in total. The zero-order chi connectivity index (χ0) is 37.1. The van der Waals surface area contributed by atoms with Gasteiger partial charge in [-0.3, -0.25) is 14.4 Å². The zero-order valence-corrected chi connectivity index (χ0v) is 33.2. The first-order valence-corrected chi connectivity index (χ1v) is 19.6. The molecule has 0 aliphatic rings. The van der Waals surface area contributed by atoms with Crippen LogP contribution in [0.4, 0.5) is 0 Å². The Morgan fingerprint density at radius 2 is 1.16 bits per heavy atom. The minimum Gasteiger partial charge on any atom is -0.460 e. The second-order valence-corrected chi connectivity index (χ2v) is 17.7. The van der Waals surface area contributed by atoms with Crippen molar-refractivity contribution in [3.8, 4) is 0 Å². The van der Waals surface area contributed by atoms with Crippen LogP contribution in [0.15, 0.2) is 48.5 Å². The molecule has 0 aliphatic carbocycles. The van der Waals surface area contributed by atoms with Gasteiger partial charge in [0.25, 0.3) is 0 Å². The van der Waals surface area contributed by atoms with Crippen LogP contribution in [0.3, 0.4) is 0 Å². The summed E-state index contributed by atoms with van der Waals surface area (Å²) in [7, 11) is -4.37. The van der Waals surface area contributed by atoms with E-state index >= 15 is 4.57 Å². The second-order valence-electron chi connectivity index (χ2n) is 15.2. The van der Waals surface area contributed by atoms with Gasteiger partial charge in [0.15, 0.2) is 0 Å². The van der Waals surface area contributed by atoms with Crippen LogP contribution in [0.1, 0.15) is 140 Å². The van der Waals surface area contributed by atoms with Crippen molar-refractivity contribution in [3.05, 3.63) is 98.6 Å². The van der Waals surface area contributed by atoms with Crippen molar-refractivity contribution in [2.24, 2.45) is 16.2 Å². The first kappa shape index (κ1) is 40.1. The smallest absolute Gasteiger partial charge is 0.312 e. The lowest BCUT2D eigenvalue weighted by atomic mass is 9.56. The lowest BCUT2D eigenvalue weighted by Gasteiger charge is -2.48. The van der Waals surface area contributed by atoms with E-state index in [0.29, 0.717) is 39.8 Å². The van der Waals surface area contributed by atoms with Crippen LogP contribution in [0, 0.1) is 57.8 Å². The Morgan fingerprint density at radius 1 is 0.673 bits per heavy atom. The van der Waals surface area contributed by atoms with E-state index in [-0.39, 0.29) is 34.3 Å². The predicted molar refractivity (Wildman–Crippen MR) is 204 cm³/mol. The van der Waals surface area contributed by atoms with Gasteiger partial charge in [-0.05, 0) is 112 Å². The van der Waals surface area contributed by atoms with Gasteiger partial charge >= 0.3 is 5.97 Å². The van der Waals surface area contributed by atoms with E-state index in [1.807, 2.05) is 59.7 Å². The number of ether oxygens (including phenoxy) is 1. The van der Waals surface area contributed by atoms with Gasteiger partial charge in [0.2, 0.25) is 18.2 Å². The Kier molecular flexibility index (Phi) is 12.5. The molecule has 49 heavy (non-hydrogen) atoms. The molecule has 0 saturated heterocycles. The standard InChI is InChI=1S/C43H59O5P/c1-14-41(11,15-2)27-43(13,42(12,16-3)17-4)40(46)48-26-35-29(6)25-32(9)37(33(35)10)39(45)49(47,34-21-19-18-20-22-34)38(44)36-30(7)23-28(5)24-31(36)8/h18-25H,14-17,26-27H2,1-13H3. The van der Waals surface area contributed by atoms with Gasteiger partial charge in [0, 0.05) is 16.4 Å². The molecule has 0 fully saturated rings. The van der Waals surface area contributed by atoms with Crippen molar-refractivity contribution in [3.63, 3.8) is 0 Å². The molecular formula is C43H59O5P. The maximum absolute atomic E-state index is 15.3. The Morgan fingerprint density at radius 3 is 1.65 bits per heavy atom. The fraction of sp³-hybridized carbons (Fsp3) is 0.512. The van der Waals surface area contributed by atoms with Crippen LogP contribution < -0.4 is 5.30 Å². The molecule has 2 atom stereocenters. The van der Waals surface area contributed by atoms with Crippen LogP contribution in [0.5, 0.6) is 0 Å². The largest absolute Gasteiger partial charge is 0.460 e. The summed E-state index contributed by atoms with van der Waals surface area (Å²) < 4.78 is 21.5. The third kappa shape index (κ3) is 7.43. The third-order valence-electron chi connectivity index (χ3n) is 12.1. The summed E-state index contributed by atoms with van der Waals surface area (Å²) in [6.45, 7) is 26.3. The zero-order valence-electron chi connectivity index (χ0n) is 32.3. The molecule has 266 valence electrons. The van der Waals surface area contributed by atoms with E-state index in [2.05, 4.69) is 48.5 Å². The molecule has 3 aromatic rings. The van der Waals surface area contributed by atoms with Crippen LogP contribution in [0.25, 0.3) is 0 Å². The number of rotatable bonds is 15. The van der Waals surface area contributed by atoms with Crippen molar-refractivity contribution in [2.45, 2.75) is 129 Å². The lowest BCUT2D eigenvalue weighted by Crippen LogP contribution is -2.47. The topological polar surface area (TPSA) is 77.5 Å². The molecule has 3 rings (SSSR count). The number of esters is 1. The number of carbonyl (C=O) groups is 3. The van der Waals surface area contributed by atoms with E-state index in [4.69, 9.17) is 4.74 Å². The average Bonchev–Trinajstić information content (AvgIpc) is 3.06. The highest BCUT2D eigenvalue weighted by atomic mass is 31.2. The molecule has 3 aromatic carbocycles. The molecule has 6 heteroatoms. The summed E-state index contributed by atoms with van der Waals surface area (Å²) in [6.07, 6.45) is 4.30. The maximum Gasteiger partial charge on any atom is 0.312 e. The molecule has 0 radical (unpaired) electrons. The highest BCUT2D eigenvalue weighted by Gasteiger charge is 2.52. The molecule has 2 unspecified atom stereocenters. The van der Waals surface area contributed by atoms with Gasteiger partial charge in [0.05, 0.1) is 5.41 Å². The number of carbonyl (C=O) groups excluding carboxylic acids is 3. The Bertz CT molecular complexity index is 1740. The molecular weight excluding hydrogens is 627 g/mol. The van der Waals surface area contributed by atoms with Gasteiger partial charge in [-0.1, -0.05) is 108 Å². The van der Waals surface area contributed by atoms with E-state index in [0.717, 1.165) is 36.8 Å². The van der Waals surface area contributed by atoms with Gasteiger partial charge in [-0.2, -0.15) is 0 Å². The summed E-state index contributed by atoms with van der Waals surface area (Å²) in [6, 6.07) is 14.0. The molecule has 0 saturated carbocycles. The summed E-state index contributed by atoms with van der Waals surface area (Å²) in [5, 5.41) is 0.209. The normalized spacial score (nSPS) is 14.6. The number of hydrogen-bond donors (Lipinski definition) is 0. The van der Waals surface area contributed by atoms with Crippen LogP contribution in [-0.4, -0.2) is 17.0 Å². The summed E-state index contributed by atoms with van der Waals surface area (Å²) in [4.78, 5) is 43.6. The first-order valence-electron chi connectivity index (χ1n) is 17.9. The maximum atomic E-state index is 15.3. The van der Waals surface area contributed by atoms with Gasteiger partial charge in [0.1, 0.15) is 6.61 Å². The summed E-state index contributed by atoms with van der Waals surface area (Å²) in [5.41, 5.74) is 3.33. The van der Waals surface area contributed by atoms with Crippen molar-refractivity contribution < 1.29 is 23.7 Å².